The van der Waals surface area contributed by atoms with Crippen LogP contribution >= 0.6 is 11.8 Å². The van der Waals surface area contributed by atoms with E-state index in [1.165, 1.54) is 22.3 Å². The molecule has 0 aromatic heterocycles. The molecule has 0 spiro atoms. The zero-order valence-corrected chi connectivity index (χ0v) is 16.7. The third-order valence-electron chi connectivity index (χ3n) is 3.91. The summed E-state index contributed by atoms with van der Waals surface area (Å²) in [4.78, 5) is 11.9. The van der Waals surface area contributed by atoms with Crippen LogP contribution < -0.4 is 10.2 Å². The first-order chi connectivity index (χ1) is 12.5. The minimum Gasteiger partial charge on any atom is -0.494 e. The third kappa shape index (κ3) is 6.23. The van der Waals surface area contributed by atoms with Gasteiger partial charge in [0, 0.05) is 5.75 Å². The number of hydrogen-bond donors (Lipinski definition) is 1. The van der Waals surface area contributed by atoms with Crippen LogP contribution in [0.25, 0.3) is 0 Å². The number of carbonyl (C=O) groups is 1. The zero-order chi connectivity index (χ0) is 18.9. The predicted octanol–water partition coefficient (Wildman–Crippen LogP) is 4.39. The van der Waals surface area contributed by atoms with Crippen LogP contribution in [0.15, 0.2) is 41.5 Å². The average Bonchev–Trinajstić information content (AvgIpc) is 2.59. The molecule has 138 valence electrons. The van der Waals surface area contributed by atoms with E-state index in [0.29, 0.717) is 12.4 Å². The molecule has 0 radical (unpaired) electrons. The first kappa shape index (κ1) is 20.0. The molecule has 0 heterocycles. The van der Waals surface area contributed by atoms with Crippen molar-refractivity contribution in [2.45, 2.75) is 33.4 Å². The van der Waals surface area contributed by atoms with Crippen LogP contribution in [-0.2, 0) is 10.5 Å². The number of ether oxygens (including phenoxy) is 1. The Bertz CT molecular complexity index is 747. The Morgan fingerprint density at radius 3 is 2.42 bits per heavy atom. The molecule has 2 rings (SSSR count). The summed E-state index contributed by atoms with van der Waals surface area (Å²) in [5.74, 6) is 1.94. The maximum absolute atomic E-state index is 11.9. The second-order valence-electron chi connectivity index (χ2n) is 6.17. The number of carbonyl (C=O) groups excluding carboxylic acids is 1. The predicted molar refractivity (Wildman–Crippen MR) is 110 cm³/mol. The fourth-order valence-corrected chi connectivity index (χ4v) is 3.72. The van der Waals surface area contributed by atoms with Crippen LogP contribution in [0.2, 0.25) is 0 Å². The highest BCUT2D eigenvalue weighted by atomic mass is 32.2. The average molecular weight is 371 g/mol. The molecule has 1 N–H and O–H groups in total. The molecule has 0 aliphatic rings. The van der Waals surface area contributed by atoms with Crippen molar-refractivity contribution in [2.24, 2.45) is 5.10 Å². The van der Waals surface area contributed by atoms with E-state index in [4.69, 9.17) is 4.74 Å². The summed E-state index contributed by atoms with van der Waals surface area (Å²) in [6, 6.07) is 11.9. The van der Waals surface area contributed by atoms with Crippen molar-refractivity contribution in [3.8, 4) is 5.75 Å². The van der Waals surface area contributed by atoms with Crippen LogP contribution in [0.4, 0.5) is 0 Å². The van der Waals surface area contributed by atoms with Crippen molar-refractivity contribution >= 4 is 23.9 Å². The normalized spacial score (nSPS) is 10.9. The fourth-order valence-electron chi connectivity index (χ4n) is 2.71. The van der Waals surface area contributed by atoms with Gasteiger partial charge in [-0.15, -0.1) is 11.8 Å². The Morgan fingerprint density at radius 2 is 1.81 bits per heavy atom. The Labute approximate surface area is 160 Å². The van der Waals surface area contributed by atoms with Crippen molar-refractivity contribution < 1.29 is 9.53 Å². The molecule has 0 unspecified atom stereocenters. The van der Waals surface area contributed by atoms with Crippen LogP contribution in [0, 0.1) is 20.8 Å². The van der Waals surface area contributed by atoms with Crippen LogP contribution in [-0.4, -0.2) is 24.5 Å². The fraction of sp³-hybridized carbons (Fsp3) is 0.333. The van der Waals surface area contributed by atoms with Crippen molar-refractivity contribution in [3.05, 3.63) is 64.2 Å². The van der Waals surface area contributed by atoms with Crippen LogP contribution in [0.1, 0.15) is 34.7 Å². The molecule has 2 aromatic carbocycles. The van der Waals surface area contributed by atoms with Gasteiger partial charge in [-0.2, -0.15) is 5.10 Å². The lowest BCUT2D eigenvalue weighted by atomic mass is 10.0. The molecule has 0 bridgehead atoms. The maximum atomic E-state index is 11.9. The summed E-state index contributed by atoms with van der Waals surface area (Å²) in [5.41, 5.74) is 8.63. The molecule has 0 fully saturated rings. The Kier molecular flexibility index (Phi) is 7.73. The lowest BCUT2D eigenvalue weighted by Crippen LogP contribution is -2.19. The van der Waals surface area contributed by atoms with Crippen molar-refractivity contribution in [2.75, 3.05) is 12.4 Å². The van der Waals surface area contributed by atoms with Gasteiger partial charge in [0.2, 0.25) is 5.91 Å². The van der Waals surface area contributed by atoms with Crippen molar-refractivity contribution in [3.63, 3.8) is 0 Å². The summed E-state index contributed by atoms with van der Waals surface area (Å²) in [5, 5.41) is 4.01. The van der Waals surface area contributed by atoms with E-state index < -0.39 is 0 Å². The number of benzene rings is 2. The number of nitrogens with zero attached hydrogens (tertiary/aromatic N) is 1. The highest BCUT2D eigenvalue weighted by Crippen LogP contribution is 2.21. The second-order valence-corrected chi connectivity index (χ2v) is 7.15. The van der Waals surface area contributed by atoms with Gasteiger partial charge in [0.1, 0.15) is 5.75 Å². The van der Waals surface area contributed by atoms with E-state index in [2.05, 4.69) is 43.4 Å². The van der Waals surface area contributed by atoms with Gasteiger partial charge in [-0.25, -0.2) is 5.43 Å². The van der Waals surface area contributed by atoms with Gasteiger partial charge in [-0.3, -0.25) is 4.79 Å². The molecule has 0 saturated carbocycles. The summed E-state index contributed by atoms with van der Waals surface area (Å²) in [7, 11) is 0. The van der Waals surface area contributed by atoms with Gasteiger partial charge < -0.3 is 4.74 Å². The van der Waals surface area contributed by atoms with Crippen LogP contribution in [0.3, 0.4) is 0 Å². The lowest BCUT2D eigenvalue weighted by molar-refractivity contribution is -0.118. The molecule has 2 aromatic rings. The lowest BCUT2D eigenvalue weighted by Gasteiger charge is -2.10. The van der Waals surface area contributed by atoms with E-state index in [9.17, 15) is 4.79 Å². The number of hydrogen-bond acceptors (Lipinski definition) is 4. The molecule has 1 amide bonds. The molecule has 0 saturated heterocycles. The molecule has 5 heteroatoms. The molecule has 0 aliphatic carbocycles. The summed E-state index contributed by atoms with van der Waals surface area (Å²) < 4.78 is 5.39. The van der Waals surface area contributed by atoms with E-state index in [-0.39, 0.29) is 5.91 Å². The monoisotopic (exact) mass is 370 g/mol. The van der Waals surface area contributed by atoms with Crippen LogP contribution in [0.5, 0.6) is 5.75 Å². The van der Waals surface area contributed by atoms with Gasteiger partial charge in [0.15, 0.2) is 0 Å². The highest BCUT2D eigenvalue weighted by Gasteiger charge is 2.06. The van der Waals surface area contributed by atoms with Crippen molar-refractivity contribution in [1.82, 2.24) is 5.43 Å². The van der Waals surface area contributed by atoms with Gasteiger partial charge in [-0.05, 0) is 74.2 Å². The maximum Gasteiger partial charge on any atom is 0.250 e. The standard InChI is InChI=1S/C21H26N2O2S/c1-5-25-19-8-6-18(7-9-19)12-22-23-21(24)14-26-13-20-16(3)10-15(2)11-17(20)4/h6-12H,5,13-14H2,1-4H3,(H,23,24)/b22-12+. The SMILES string of the molecule is CCOc1ccc(/C=N/NC(=O)CSCc2c(C)cc(C)cc2C)cc1. The third-order valence-corrected chi connectivity index (χ3v) is 4.87. The summed E-state index contributed by atoms with van der Waals surface area (Å²) >= 11 is 1.60. The van der Waals surface area contributed by atoms with Gasteiger partial charge >= 0.3 is 0 Å². The van der Waals surface area contributed by atoms with Crippen molar-refractivity contribution in [1.29, 1.82) is 0 Å². The number of amides is 1. The zero-order valence-electron chi connectivity index (χ0n) is 15.8. The first-order valence-electron chi connectivity index (χ1n) is 8.69. The smallest absolute Gasteiger partial charge is 0.250 e. The van der Waals surface area contributed by atoms with E-state index in [1.54, 1.807) is 18.0 Å². The minimum atomic E-state index is -0.0976. The van der Waals surface area contributed by atoms with E-state index in [0.717, 1.165) is 17.1 Å². The molecular weight excluding hydrogens is 344 g/mol. The topological polar surface area (TPSA) is 50.7 Å². The number of rotatable bonds is 8. The number of thioether (sulfide) groups is 1. The van der Waals surface area contributed by atoms with Gasteiger partial charge in [-0.1, -0.05) is 17.7 Å². The molecule has 0 aliphatic heterocycles. The van der Waals surface area contributed by atoms with Gasteiger partial charge in [0.25, 0.3) is 0 Å². The molecule has 0 atom stereocenters. The number of nitrogens with one attached hydrogen (secondary N) is 1. The van der Waals surface area contributed by atoms with Gasteiger partial charge in [0.05, 0.1) is 18.6 Å². The Balaban J connectivity index is 1.77. The Morgan fingerprint density at radius 1 is 1.15 bits per heavy atom. The quantitative estimate of drug-likeness (QED) is 0.554. The molecule has 4 nitrogen and oxygen atoms in total. The molecule has 26 heavy (non-hydrogen) atoms. The Hall–Kier alpha value is -2.27. The van der Waals surface area contributed by atoms with E-state index >= 15 is 0 Å². The number of hydrazone groups is 1. The largest absolute Gasteiger partial charge is 0.494 e. The highest BCUT2D eigenvalue weighted by molar-refractivity contribution is 7.99. The number of aryl methyl sites for hydroxylation is 3. The molecular formula is C21H26N2O2S. The first-order valence-corrected chi connectivity index (χ1v) is 9.84. The second kappa shape index (κ2) is 10.0. The minimum absolute atomic E-state index is 0.0976. The summed E-state index contributed by atoms with van der Waals surface area (Å²) in [6.07, 6.45) is 1.63. The summed E-state index contributed by atoms with van der Waals surface area (Å²) in [6.45, 7) is 8.94. The van der Waals surface area contributed by atoms with E-state index in [1.807, 2.05) is 31.2 Å².